The summed E-state index contributed by atoms with van der Waals surface area (Å²) in [4.78, 5) is 0.220. The van der Waals surface area contributed by atoms with E-state index in [1.54, 1.807) is 48.1 Å². The van der Waals surface area contributed by atoms with E-state index in [9.17, 15) is 8.42 Å². The molecular weight excluding hydrogens is 312 g/mol. The third kappa shape index (κ3) is 3.30. The Morgan fingerprint density at radius 2 is 1.61 bits per heavy atom. The Morgan fingerprint density at radius 3 is 2.26 bits per heavy atom. The molecule has 0 aliphatic heterocycles. The van der Waals surface area contributed by atoms with Gasteiger partial charge in [0, 0.05) is 5.69 Å². The lowest BCUT2D eigenvalue weighted by Gasteiger charge is -2.15. The average Bonchev–Trinajstić information content (AvgIpc) is 3.06. The summed E-state index contributed by atoms with van der Waals surface area (Å²) in [7, 11) is -3.62. The summed E-state index contributed by atoms with van der Waals surface area (Å²) in [6.07, 6.45) is 1.57. The van der Waals surface area contributed by atoms with Crippen LogP contribution in [0.3, 0.4) is 0 Å². The van der Waals surface area contributed by atoms with Gasteiger partial charge in [-0.2, -0.15) is 0 Å². The molecule has 0 bridgehead atoms. The van der Waals surface area contributed by atoms with Gasteiger partial charge in [0.1, 0.15) is 6.33 Å². The maximum Gasteiger partial charge on any atom is 0.241 e. The van der Waals surface area contributed by atoms with Gasteiger partial charge in [0.25, 0.3) is 0 Å². The van der Waals surface area contributed by atoms with E-state index >= 15 is 0 Å². The molecule has 0 unspecified atom stereocenters. The van der Waals surface area contributed by atoms with Crippen LogP contribution in [0, 0.1) is 0 Å². The fraction of sp³-hybridized carbons (Fsp3) is 0.125. The van der Waals surface area contributed by atoms with Crippen LogP contribution in [0.15, 0.2) is 71.9 Å². The van der Waals surface area contributed by atoms with Gasteiger partial charge in [-0.15, -0.1) is 10.2 Å². The highest BCUT2D eigenvalue weighted by Crippen LogP contribution is 2.18. The Labute approximate surface area is 134 Å². The van der Waals surface area contributed by atoms with Crippen LogP contribution < -0.4 is 4.72 Å². The van der Waals surface area contributed by atoms with Crippen molar-refractivity contribution in [3.63, 3.8) is 0 Å². The van der Waals surface area contributed by atoms with Crippen molar-refractivity contribution in [3.8, 4) is 5.69 Å². The second kappa shape index (κ2) is 6.31. The van der Waals surface area contributed by atoms with E-state index in [2.05, 4.69) is 14.9 Å². The lowest BCUT2D eigenvalue weighted by molar-refractivity contribution is 0.557. The standard InChI is InChI=1S/C16H16N4O2S/c1-13(19-23(21,22)15-10-6-3-7-11-15)16-18-17-12-20(16)14-8-4-2-5-9-14/h2-13,19H,1H3/t13-/m1/s1. The molecule has 0 saturated carbocycles. The van der Waals surface area contributed by atoms with Crippen LogP contribution >= 0.6 is 0 Å². The number of nitrogens with one attached hydrogen (secondary N) is 1. The predicted octanol–water partition coefficient (Wildman–Crippen LogP) is 2.31. The Morgan fingerprint density at radius 1 is 1.00 bits per heavy atom. The molecule has 118 valence electrons. The van der Waals surface area contributed by atoms with Gasteiger partial charge in [-0.1, -0.05) is 36.4 Å². The van der Waals surface area contributed by atoms with Gasteiger partial charge in [0.15, 0.2) is 5.82 Å². The Balaban J connectivity index is 1.88. The van der Waals surface area contributed by atoms with Crippen molar-refractivity contribution < 1.29 is 8.42 Å². The number of benzene rings is 2. The molecule has 0 spiro atoms. The first-order chi connectivity index (χ1) is 11.1. The molecule has 3 rings (SSSR count). The Bertz CT molecular complexity index is 877. The highest BCUT2D eigenvalue weighted by molar-refractivity contribution is 7.89. The summed E-state index contributed by atoms with van der Waals surface area (Å²) in [5, 5.41) is 7.96. The van der Waals surface area contributed by atoms with Crippen LogP contribution in [0.25, 0.3) is 5.69 Å². The zero-order valence-electron chi connectivity index (χ0n) is 12.5. The first-order valence-electron chi connectivity index (χ1n) is 7.10. The molecule has 23 heavy (non-hydrogen) atoms. The fourth-order valence-corrected chi connectivity index (χ4v) is 3.50. The highest BCUT2D eigenvalue weighted by atomic mass is 32.2. The molecule has 3 aromatic rings. The summed E-state index contributed by atoms with van der Waals surface area (Å²) in [5.41, 5.74) is 0.873. The number of aromatic nitrogens is 3. The second-order valence-corrected chi connectivity index (χ2v) is 6.76. The second-order valence-electron chi connectivity index (χ2n) is 5.05. The van der Waals surface area contributed by atoms with Crippen LogP contribution in [-0.4, -0.2) is 23.2 Å². The van der Waals surface area contributed by atoms with Crippen molar-refractivity contribution in [2.45, 2.75) is 17.9 Å². The molecule has 1 atom stereocenters. The predicted molar refractivity (Wildman–Crippen MR) is 86.5 cm³/mol. The van der Waals surface area contributed by atoms with Crippen LogP contribution in [0.2, 0.25) is 0 Å². The lowest BCUT2D eigenvalue weighted by atomic mass is 10.3. The molecule has 7 heteroatoms. The molecule has 0 aliphatic carbocycles. The number of sulfonamides is 1. The fourth-order valence-electron chi connectivity index (χ4n) is 2.28. The molecule has 6 nitrogen and oxygen atoms in total. The van der Waals surface area contributed by atoms with Gasteiger partial charge in [0.2, 0.25) is 10.0 Å². The third-order valence-electron chi connectivity index (χ3n) is 3.38. The molecule has 1 N–H and O–H groups in total. The molecule has 0 saturated heterocycles. The summed E-state index contributed by atoms with van der Waals surface area (Å²) >= 11 is 0. The molecule has 0 fully saturated rings. The Hall–Kier alpha value is -2.51. The molecule has 0 radical (unpaired) electrons. The summed E-state index contributed by atoms with van der Waals surface area (Å²) in [6, 6.07) is 17.3. The molecule has 1 heterocycles. The maximum absolute atomic E-state index is 12.4. The number of hydrogen-bond acceptors (Lipinski definition) is 4. The van der Waals surface area contributed by atoms with Crippen molar-refractivity contribution >= 4 is 10.0 Å². The summed E-state index contributed by atoms with van der Waals surface area (Å²) in [6.45, 7) is 1.74. The van der Waals surface area contributed by atoms with Crippen molar-refractivity contribution in [1.82, 2.24) is 19.5 Å². The van der Waals surface area contributed by atoms with Gasteiger partial charge < -0.3 is 0 Å². The van der Waals surface area contributed by atoms with Crippen LogP contribution in [0.1, 0.15) is 18.8 Å². The van der Waals surface area contributed by atoms with Crippen molar-refractivity contribution in [3.05, 3.63) is 72.8 Å². The number of hydrogen-bond donors (Lipinski definition) is 1. The summed E-state index contributed by atoms with van der Waals surface area (Å²) in [5.74, 6) is 0.524. The van der Waals surface area contributed by atoms with E-state index in [1.165, 1.54) is 0 Å². The van der Waals surface area contributed by atoms with E-state index in [4.69, 9.17) is 0 Å². The molecule has 0 amide bonds. The van der Waals surface area contributed by atoms with Crippen LogP contribution in [-0.2, 0) is 10.0 Å². The van der Waals surface area contributed by atoms with Gasteiger partial charge in [-0.05, 0) is 31.2 Å². The minimum atomic E-state index is -3.62. The van der Waals surface area contributed by atoms with Gasteiger partial charge in [-0.25, -0.2) is 13.1 Å². The smallest absolute Gasteiger partial charge is 0.241 e. The van der Waals surface area contributed by atoms with Crippen LogP contribution in [0.5, 0.6) is 0 Å². The first-order valence-corrected chi connectivity index (χ1v) is 8.59. The van der Waals surface area contributed by atoms with Gasteiger partial charge in [-0.3, -0.25) is 4.57 Å². The zero-order valence-corrected chi connectivity index (χ0v) is 13.3. The van der Waals surface area contributed by atoms with Crippen molar-refractivity contribution in [2.75, 3.05) is 0 Å². The van der Waals surface area contributed by atoms with Crippen molar-refractivity contribution in [1.29, 1.82) is 0 Å². The largest absolute Gasteiger partial charge is 0.284 e. The van der Waals surface area contributed by atoms with E-state index in [-0.39, 0.29) is 4.90 Å². The summed E-state index contributed by atoms with van der Waals surface area (Å²) < 4.78 is 29.2. The van der Waals surface area contributed by atoms with E-state index in [0.29, 0.717) is 5.82 Å². The van der Waals surface area contributed by atoms with E-state index in [0.717, 1.165) is 5.69 Å². The van der Waals surface area contributed by atoms with Crippen molar-refractivity contribution in [2.24, 2.45) is 0 Å². The van der Waals surface area contributed by atoms with Gasteiger partial charge in [0.05, 0.1) is 10.9 Å². The lowest BCUT2D eigenvalue weighted by Crippen LogP contribution is -2.28. The van der Waals surface area contributed by atoms with E-state index < -0.39 is 16.1 Å². The molecule has 1 aromatic heterocycles. The first kappa shape index (κ1) is 15.4. The normalized spacial score (nSPS) is 12.9. The highest BCUT2D eigenvalue weighted by Gasteiger charge is 2.21. The van der Waals surface area contributed by atoms with Gasteiger partial charge >= 0.3 is 0 Å². The van der Waals surface area contributed by atoms with Crippen LogP contribution in [0.4, 0.5) is 0 Å². The van der Waals surface area contributed by atoms with E-state index in [1.807, 2.05) is 30.3 Å². The molecular formula is C16H16N4O2S. The average molecular weight is 328 g/mol. The quantitative estimate of drug-likeness (QED) is 0.780. The number of nitrogens with zero attached hydrogens (tertiary/aromatic N) is 3. The third-order valence-corrected chi connectivity index (χ3v) is 4.94. The minimum absolute atomic E-state index is 0.220. The molecule has 0 aliphatic rings. The Kier molecular flexibility index (Phi) is 4.22. The monoisotopic (exact) mass is 328 g/mol. The number of para-hydroxylation sites is 1. The SMILES string of the molecule is C[C@@H](NS(=O)(=O)c1ccccc1)c1nncn1-c1ccccc1. The topological polar surface area (TPSA) is 76.9 Å². The minimum Gasteiger partial charge on any atom is -0.284 e. The zero-order chi connectivity index (χ0) is 16.3. The number of rotatable bonds is 5. The maximum atomic E-state index is 12.4. The molecule has 2 aromatic carbocycles.